The molecule has 29 heavy (non-hydrogen) atoms. The average molecular weight is 400 g/mol. The van der Waals surface area contributed by atoms with Crippen LogP contribution in [0.4, 0.5) is 4.79 Å². The highest BCUT2D eigenvalue weighted by Crippen LogP contribution is 2.20. The Kier molecular flexibility index (Phi) is 5.41. The summed E-state index contributed by atoms with van der Waals surface area (Å²) >= 11 is 0. The lowest BCUT2D eigenvalue weighted by Gasteiger charge is -2.24. The average Bonchev–Trinajstić information content (AvgIpc) is 2.60. The van der Waals surface area contributed by atoms with Crippen molar-refractivity contribution in [2.24, 2.45) is 0 Å². The number of alkyl carbamates (subject to hydrolysis) is 1. The van der Waals surface area contributed by atoms with Crippen molar-refractivity contribution in [3.63, 3.8) is 0 Å². The fourth-order valence-corrected chi connectivity index (χ4v) is 3.25. The molecule has 2 aromatic rings. The molecule has 0 bridgehead atoms. The smallest absolute Gasteiger partial charge is 0.407 e. The van der Waals surface area contributed by atoms with Crippen LogP contribution in [0.2, 0.25) is 0 Å². The van der Waals surface area contributed by atoms with Crippen molar-refractivity contribution >= 4 is 28.8 Å². The molecule has 154 valence electrons. The van der Waals surface area contributed by atoms with Crippen molar-refractivity contribution in [1.29, 1.82) is 0 Å². The molecular weight excluding hydrogens is 376 g/mol. The SMILES string of the molecule is Cc1nc2ccc(CNC(=O)OC(C)(C)C)cc2c(=O)n1[C@@H]1CCC(=O)NC1=O. The number of carbonyl (C=O) groups is 3. The fraction of sp³-hybridized carbons (Fsp3) is 0.450. The Labute approximate surface area is 167 Å². The molecule has 1 fully saturated rings. The zero-order valence-corrected chi connectivity index (χ0v) is 16.9. The Hall–Kier alpha value is -3.23. The van der Waals surface area contributed by atoms with Crippen LogP contribution in [0.1, 0.15) is 51.0 Å². The van der Waals surface area contributed by atoms with Crippen LogP contribution in [0, 0.1) is 6.92 Å². The van der Waals surface area contributed by atoms with E-state index in [1.54, 1.807) is 45.9 Å². The molecule has 3 rings (SSSR count). The van der Waals surface area contributed by atoms with Gasteiger partial charge in [0.15, 0.2) is 0 Å². The van der Waals surface area contributed by atoms with E-state index >= 15 is 0 Å². The number of fused-ring (bicyclic) bond motifs is 1. The number of nitrogens with zero attached hydrogens (tertiary/aromatic N) is 2. The molecule has 0 spiro atoms. The second kappa shape index (κ2) is 7.65. The van der Waals surface area contributed by atoms with Crippen molar-refractivity contribution in [3.8, 4) is 0 Å². The minimum absolute atomic E-state index is 0.167. The van der Waals surface area contributed by atoms with Gasteiger partial charge in [-0.1, -0.05) is 6.07 Å². The molecule has 2 heterocycles. The number of imide groups is 1. The molecule has 0 saturated carbocycles. The summed E-state index contributed by atoms with van der Waals surface area (Å²) in [6.07, 6.45) is -0.140. The van der Waals surface area contributed by atoms with Gasteiger partial charge in [0.05, 0.1) is 10.9 Å². The molecule has 1 aromatic heterocycles. The van der Waals surface area contributed by atoms with Crippen LogP contribution in [0.25, 0.3) is 10.9 Å². The highest BCUT2D eigenvalue weighted by molar-refractivity contribution is 5.99. The molecule has 0 unspecified atom stereocenters. The van der Waals surface area contributed by atoms with E-state index in [9.17, 15) is 19.2 Å². The number of piperidine rings is 1. The lowest BCUT2D eigenvalue weighted by Crippen LogP contribution is -2.45. The van der Waals surface area contributed by atoms with Gasteiger partial charge in [-0.2, -0.15) is 0 Å². The zero-order valence-electron chi connectivity index (χ0n) is 16.9. The van der Waals surface area contributed by atoms with Gasteiger partial charge >= 0.3 is 6.09 Å². The number of carbonyl (C=O) groups excluding carboxylic acids is 3. The number of hydrogen-bond acceptors (Lipinski definition) is 6. The molecule has 0 aliphatic carbocycles. The van der Waals surface area contributed by atoms with Gasteiger partial charge in [-0.05, 0) is 51.8 Å². The molecule has 1 aliphatic heterocycles. The number of nitrogens with one attached hydrogen (secondary N) is 2. The van der Waals surface area contributed by atoms with Gasteiger partial charge in [-0.25, -0.2) is 9.78 Å². The summed E-state index contributed by atoms with van der Waals surface area (Å²) < 4.78 is 6.53. The first-order chi connectivity index (χ1) is 13.5. The van der Waals surface area contributed by atoms with Gasteiger partial charge in [0.1, 0.15) is 17.5 Å². The molecule has 1 saturated heterocycles. The van der Waals surface area contributed by atoms with Gasteiger partial charge in [-0.15, -0.1) is 0 Å². The number of amides is 3. The Morgan fingerprint density at radius 2 is 2.03 bits per heavy atom. The zero-order chi connectivity index (χ0) is 21.3. The Morgan fingerprint density at radius 1 is 1.31 bits per heavy atom. The third-order valence-corrected chi connectivity index (χ3v) is 4.50. The molecule has 9 heteroatoms. The first-order valence-electron chi connectivity index (χ1n) is 9.37. The first-order valence-corrected chi connectivity index (χ1v) is 9.37. The monoisotopic (exact) mass is 400 g/mol. The van der Waals surface area contributed by atoms with E-state index in [0.29, 0.717) is 22.3 Å². The third kappa shape index (κ3) is 4.61. The molecule has 3 amide bonds. The van der Waals surface area contributed by atoms with Gasteiger partial charge in [0, 0.05) is 13.0 Å². The molecule has 0 radical (unpaired) electrons. The molecule has 1 atom stereocenters. The highest BCUT2D eigenvalue weighted by Gasteiger charge is 2.30. The van der Waals surface area contributed by atoms with E-state index in [4.69, 9.17) is 4.74 Å². The summed E-state index contributed by atoms with van der Waals surface area (Å²) in [5.74, 6) is -0.451. The third-order valence-electron chi connectivity index (χ3n) is 4.50. The number of hydrogen-bond donors (Lipinski definition) is 2. The number of aryl methyl sites for hydroxylation is 1. The maximum Gasteiger partial charge on any atom is 0.407 e. The van der Waals surface area contributed by atoms with Crippen LogP contribution in [0.3, 0.4) is 0 Å². The lowest BCUT2D eigenvalue weighted by atomic mass is 10.0. The Balaban J connectivity index is 1.90. The van der Waals surface area contributed by atoms with Crippen molar-refractivity contribution in [2.75, 3.05) is 0 Å². The van der Waals surface area contributed by atoms with Crippen LogP contribution in [-0.2, 0) is 20.9 Å². The molecule has 1 aliphatic rings. The lowest BCUT2D eigenvalue weighted by molar-refractivity contribution is -0.135. The van der Waals surface area contributed by atoms with E-state index in [2.05, 4.69) is 15.6 Å². The Morgan fingerprint density at radius 3 is 2.69 bits per heavy atom. The Bertz CT molecular complexity index is 1050. The highest BCUT2D eigenvalue weighted by atomic mass is 16.6. The van der Waals surface area contributed by atoms with Crippen molar-refractivity contribution < 1.29 is 19.1 Å². The standard InChI is InChI=1S/C20H24N4O5/c1-11-22-14-6-5-12(10-21-19(28)29-20(2,3)4)9-13(14)18(27)24(11)15-7-8-16(25)23-17(15)26/h5-6,9,15H,7-8,10H2,1-4H3,(H,21,28)(H,23,25,26)/t15-/m1/s1. The topological polar surface area (TPSA) is 119 Å². The summed E-state index contributed by atoms with van der Waals surface area (Å²) in [6, 6.07) is 4.33. The summed E-state index contributed by atoms with van der Waals surface area (Å²) in [5.41, 5.74) is 0.226. The van der Waals surface area contributed by atoms with Crippen LogP contribution < -0.4 is 16.2 Å². The largest absolute Gasteiger partial charge is 0.444 e. The molecule has 1 aromatic carbocycles. The van der Waals surface area contributed by atoms with Crippen LogP contribution >= 0.6 is 0 Å². The van der Waals surface area contributed by atoms with Crippen LogP contribution in [-0.4, -0.2) is 33.1 Å². The first kappa shape index (κ1) is 20.5. The number of ether oxygens (including phenoxy) is 1. The minimum Gasteiger partial charge on any atom is -0.444 e. The number of benzene rings is 1. The van der Waals surface area contributed by atoms with Gasteiger partial charge in [-0.3, -0.25) is 24.3 Å². The predicted octanol–water partition coefficient (Wildman–Crippen LogP) is 1.71. The second-order valence-electron chi connectivity index (χ2n) is 8.01. The van der Waals surface area contributed by atoms with Crippen molar-refractivity contribution in [3.05, 3.63) is 39.9 Å². The number of rotatable bonds is 3. The minimum atomic E-state index is -0.777. The summed E-state index contributed by atoms with van der Waals surface area (Å²) in [5, 5.41) is 5.25. The van der Waals surface area contributed by atoms with Gasteiger partial charge < -0.3 is 10.1 Å². The number of aromatic nitrogens is 2. The summed E-state index contributed by atoms with van der Waals surface area (Å²) in [6.45, 7) is 7.15. The maximum atomic E-state index is 13.1. The van der Waals surface area contributed by atoms with E-state index in [-0.39, 0.29) is 30.9 Å². The normalized spacial score (nSPS) is 17.2. The van der Waals surface area contributed by atoms with E-state index < -0.39 is 23.6 Å². The molecular formula is C20H24N4O5. The van der Waals surface area contributed by atoms with E-state index in [1.807, 2.05) is 0 Å². The van der Waals surface area contributed by atoms with E-state index in [0.717, 1.165) is 0 Å². The second-order valence-corrected chi connectivity index (χ2v) is 8.01. The van der Waals surface area contributed by atoms with E-state index in [1.165, 1.54) is 4.57 Å². The molecule has 2 N–H and O–H groups in total. The predicted molar refractivity (Wildman–Crippen MR) is 105 cm³/mol. The maximum absolute atomic E-state index is 13.1. The van der Waals surface area contributed by atoms with Gasteiger partial charge in [0.2, 0.25) is 11.8 Å². The molecule has 9 nitrogen and oxygen atoms in total. The summed E-state index contributed by atoms with van der Waals surface area (Å²) in [4.78, 5) is 53.0. The van der Waals surface area contributed by atoms with Crippen LogP contribution in [0.5, 0.6) is 0 Å². The van der Waals surface area contributed by atoms with Crippen molar-refractivity contribution in [1.82, 2.24) is 20.2 Å². The van der Waals surface area contributed by atoms with Crippen molar-refractivity contribution in [2.45, 2.75) is 58.7 Å². The summed E-state index contributed by atoms with van der Waals surface area (Å²) in [7, 11) is 0. The quantitative estimate of drug-likeness (QED) is 0.757. The fourth-order valence-electron chi connectivity index (χ4n) is 3.25. The van der Waals surface area contributed by atoms with Crippen LogP contribution in [0.15, 0.2) is 23.0 Å². The van der Waals surface area contributed by atoms with Gasteiger partial charge in [0.25, 0.3) is 5.56 Å².